The van der Waals surface area contributed by atoms with E-state index in [-0.39, 0.29) is 0 Å². The SMILES string of the molecule is COc1cc(CNC[C@@H](O)Cn2cnc3cc(C)c(C)cc32)c(SC)cc1OC. The summed E-state index contributed by atoms with van der Waals surface area (Å²) in [6.07, 6.45) is 3.31. The number of aliphatic hydroxyl groups excluding tert-OH is 1. The number of imidazole rings is 1. The van der Waals surface area contributed by atoms with Gasteiger partial charge in [0.05, 0.1) is 44.2 Å². The number of benzene rings is 2. The molecule has 0 saturated heterocycles. The third-order valence-corrected chi connectivity index (χ3v) is 5.95. The van der Waals surface area contributed by atoms with Crippen LogP contribution in [0.3, 0.4) is 0 Å². The number of fused-ring (bicyclic) bond motifs is 1. The number of hydrogen-bond donors (Lipinski definition) is 2. The maximum atomic E-state index is 10.5. The minimum absolute atomic E-state index is 0.479. The lowest BCUT2D eigenvalue weighted by atomic mass is 10.1. The minimum atomic E-state index is -0.521. The molecule has 0 saturated carbocycles. The number of ether oxygens (including phenoxy) is 2. The molecule has 0 bridgehead atoms. The molecule has 0 unspecified atom stereocenters. The van der Waals surface area contributed by atoms with Crippen molar-refractivity contribution in [3.8, 4) is 11.5 Å². The molecule has 1 aromatic heterocycles. The maximum absolute atomic E-state index is 10.5. The lowest BCUT2D eigenvalue weighted by Gasteiger charge is -2.16. The van der Waals surface area contributed by atoms with Crippen LogP contribution in [0.2, 0.25) is 0 Å². The predicted molar refractivity (Wildman–Crippen MR) is 118 cm³/mol. The molecular formula is C22H29N3O3S. The molecule has 1 atom stereocenters. The summed E-state index contributed by atoms with van der Waals surface area (Å²) in [6.45, 7) is 5.79. The normalized spacial score (nSPS) is 12.3. The first kappa shape index (κ1) is 21.5. The van der Waals surface area contributed by atoms with Crippen molar-refractivity contribution >= 4 is 22.8 Å². The number of nitrogens with zero attached hydrogens (tertiary/aromatic N) is 2. The Kier molecular flexibility index (Phi) is 7.05. The molecule has 0 fully saturated rings. The average molecular weight is 416 g/mol. The van der Waals surface area contributed by atoms with E-state index >= 15 is 0 Å². The van der Waals surface area contributed by atoms with Crippen LogP contribution in [0.15, 0.2) is 35.5 Å². The number of thioether (sulfide) groups is 1. The van der Waals surface area contributed by atoms with Gasteiger partial charge < -0.3 is 24.5 Å². The predicted octanol–water partition coefficient (Wildman–Crippen LogP) is 3.54. The quantitative estimate of drug-likeness (QED) is 0.521. The van der Waals surface area contributed by atoms with Gasteiger partial charge in [0.15, 0.2) is 11.5 Å². The topological polar surface area (TPSA) is 68.5 Å². The smallest absolute Gasteiger partial charge is 0.161 e. The van der Waals surface area contributed by atoms with E-state index in [1.165, 1.54) is 11.1 Å². The molecular weight excluding hydrogens is 386 g/mol. The number of aromatic nitrogens is 2. The minimum Gasteiger partial charge on any atom is -0.493 e. The first-order chi connectivity index (χ1) is 14.0. The van der Waals surface area contributed by atoms with E-state index < -0.39 is 6.10 Å². The molecule has 29 heavy (non-hydrogen) atoms. The van der Waals surface area contributed by atoms with Crippen LogP contribution in [0.4, 0.5) is 0 Å². The van der Waals surface area contributed by atoms with Crippen LogP contribution in [0, 0.1) is 13.8 Å². The van der Waals surface area contributed by atoms with Crippen molar-refractivity contribution in [2.45, 2.75) is 37.9 Å². The highest BCUT2D eigenvalue weighted by atomic mass is 32.2. The standard InChI is InChI=1S/C22H29N3O3S/c1-14-6-18-19(7-15(14)2)25(13-24-18)12-17(26)11-23-10-16-8-20(27-3)21(28-4)9-22(16)29-5/h6-9,13,17,23,26H,10-12H2,1-5H3/t17-/m1/s1. The molecule has 2 aromatic carbocycles. The molecule has 0 aliphatic rings. The number of rotatable bonds is 9. The summed E-state index contributed by atoms with van der Waals surface area (Å²) in [5.74, 6) is 1.43. The summed E-state index contributed by atoms with van der Waals surface area (Å²) in [5, 5.41) is 13.9. The van der Waals surface area contributed by atoms with Gasteiger partial charge in [0.1, 0.15) is 0 Å². The average Bonchev–Trinajstić information content (AvgIpc) is 3.09. The van der Waals surface area contributed by atoms with E-state index in [9.17, 15) is 5.11 Å². The highest BCUT2D eigenvalue weighted by Crippen LogP contribution is 2.34. The summed E-state index contributed by atoms with van der Waals surface area (Å²) in [6, 6.07) is 8.19. The molecule has 0 radical (unpaired) electrons. The Morgan fingerprint density at radius 1 is 1.10 bits per heavy atom. The molecule has 3 rings (SSSR count). The monoisotopic (exact) mass is 415 g/mol. The molecule has 0 spiro atoms. The van der Waals surface area contributed by atoms with Gasteiger partial charge in [0.2, 0.25) is 0 Å². The lowest BCUT2D eigenvalue weighted by Crippen LogP contribution is -2.30. The zero-order chi connectivity index (χ0) is 21.0. The van der Waals surface area contributed by atoms with E-state index in [4.69, 9.17) is 9.47 Å². The summed E-state index contributed by atoms with van der Waals surface area (Å²) in [4.78, 5) is 5.58. The van der Waals surface area contributed by atoms with Crippen LogP contribution in [0.1, 0.15) is 16.7 Å². The van der Waals surface area contributed by atoms with Crippen molar-refractivity contribution in [2.24, 2.45) is 0 Å². The van der Waals surface area contributed by atoms with Gasteiger partial charge in [-0.1, -0.05) is 0 Å². The Bertz CT molecular complexity index is 987. The van der Waals surface area contributed by atoms with Crippen molar-refractivity contribution in [2.75, 3.05) is 27.0 Å². The molecule has 156 valence electrons. The first-order valence-electron chi connectivity index (χ1n) is 9.56. The van der Waals surface area contributed by atoms with E-state index in [0.29, 0.717) is 25.4 Å². The van der Waals surface area contributed by atoms with Crippen LogP contribution in [-0.2, 0) is 13.1 Å². The number of aliphatic hydroxyl groups is 1. The van der Waals surface area contributed by atoms with Gasteiger partial charge >= 0.3 is 0 Å². The summed E-state index contributed by atoms with van der Waals surface area (Å²) >= 11 is 1.66. The van der Waals surface area contributed by atoms with Crippen LogP contribution in [0.25, 0.3) is 11.0 Å². The van der Waals surface area contributed by atoms with Crippen LogP contribution in [0.5, 0.6) is 11.5 Å². The van der Waals surface area contributed by atoms with Crippen molar-refractivity contribution in [3.63, 3.8) is 0 Å². The Morgan fingerprint density at radius 2 is 1.79 bits per heavy atom. The first-order valence-corrected chi connectivity index (χ1v) is 10.8. The second kappa shape index (κ2) is 9.52. The van der Waals surface area contributed by atoms with Gasteiger partial charge in [0.25, 0.3) is 0 Å². The lowest BCUT2D eigenvalue weighted by molar-refractivity contribution is 0.152. The fraction of sp³-hybridized carbons (Fsp3) is 0.409. The van der Waals surface area contributed by atoms with Crippen LogP contribution < -0.4 is 14.8 Å². The van der Waals surface area contributed by atoms with E-state index in [2.05, 4.69) is 36.3 Å². The Balaban J connectivity index is 1.63. The zero-order valence-electron chi connectivity index (χ0n) is 17.7. The maximum Gasteiger partial charge on any atom is 0.161 e. The van der Waals surface area contributed by atoms with Crippen molar-refractivity contribution in [1.29, 1.82) is 0 Å². The zero-order valence-corrected chi connectivity index (χ0v) is 18.5. The summed E-state index contributed by atoms with van der Waals surface area (Å²) in [5.41, 5.74) is 5.58. The Labute approximate surface area is 176 Å². The number of aryl methyl sites for hydroxylation is 2. The largest absolute Gasteiger partial charge is 0.493 e. The highest BCUT2D eigenvalue weighted by Gasteiger charge is 2.13. The third-order valence-electron chi connectivity index (χ3n) is 5.13. The van der Waals surface area contributed by atoms with Gasteiger partial charge in [-0.2, -0.15) is 0 Å². The molecule has 1 heterocycles. The van der Waals surface area contributed by atoms with Crippen molar-refractivity contribution < 1.29 is 14.6 Å². The summed E-state index contributed by atoms with van der Waals surface area (Å²) in [7, 11) is 3.27. The molecule has 0 amide bonds. The van der Waals surface area contributed by atoms with Crippen molar-refractivity contribution in [1.82, 2.24) is 14.9 Å². The number of methoxy groups -OCH3 is 2. The van der Waals surface area contributed by atoms with E-state index in [1.807, 2.05) is 23.0 Å². The second-order valence-corrected chi connectivity index (χ2v) is 7.97. The molecule has 0 aliphatic carbocycles. The number of nitrogens with one attached hydrogen (secondary N) is 1. The summed E-state index contributed by atoms with van der Waals surface area (Å²) < 4.78 is 12.8. The Morgan fingerprint density at radius 3 is 2.48 bits per heavy atom. The molecule has 3 aromatic rings. The van der Waals surface area contributed by atoms with E-state index in [0.717, 1.165) is 27.2 Å². The number of hydrogen-bond acceptors (Lipinski definition) is 6. The molecule has 7 heteroatoms. The second-order valence-electron chi connectivity index (χ2n) is 7.13. The molecule has 6 nitrogen and oxygen atoms in total. The van der Waals surface area contributed by atoms with Gasteiger partial charge in [-0.3, -0.25) is 0 Å². The molecule has 0 aliphatic heterocycles. The molecule has 2 N–H and O–H groups in total. The van der Waals surface area contributed by atoms with Gasteiger partial charge in [0, 0.05) is 18.0 Å². The van der Waals surface area contributed by atoms with Crippen molar-refractivity contribution in [3.05, 3.63) is 47.3 Å². The van der Waals surface area contributed by atoms with Crippen LogP contribution >= 0.6 is 11.8 Å². The third kappa shape index (κ3) is 4.86. The highest BCUT2D eigenvalue weighted by molar-refractivity contribution is 7.98. The fourth-order valence-corrected chi connectivity index (χ4v) is 3.97. The van der Waals surface area contributed by atoms with Gasteiger partial charge in [-0.05, 0) is 61.1 Å². The Hall–Kier alpha value is -2.22. The van der Waals surface area contributed by atoms with Gasteiger partial charge in [-0.25, -0.2) is 4.98 Å². The van der Waals surface area contributed by atoms with Crippen LogP contribution in [-0.4, -0.2) is 47.8 Å². The van der Waals surface area contributed by atoms with E-state index in [1.54, 1.807) is 32.3 Å². The fourth-order valence-electron chi connectivity index (χ4n) is 3.35. The van der Waals surface area contributed by atoms with Gasteiger partial charge in [-0.15, -0.1) is 11.8 Å².